The second-order valence-electron chi connectivity index (χ2n) is 5.06. The summed E-state index contributed by atoms with van der Waals surface area (Å²) in [7, 11) is 0. The molecule has 1 aromatic carbocycles. The van der Waals surface area contributed by atoms with Crippen molar-refractivity contribution in [2.45, 2.75) is 45.6 Å². The van der Waals surface area contributed by atoms with Crippen LogP contribution >= 0.6 is 0 Å². The Morgan fingerprint density at radius 1 is 1.19 bits per heavy atom. The Hall–Kier alpha value is -2.04. The van der Waals surface area contributed by atoms with E-state index < -0.39 is 0 Å². The van der Waals surface area contributed by atoms with Gasteiger partial charge in [0.2, 0.25) is 0 Å². The molecule has 112 valence electrons. The maximum atomic E-state index is 14.0. The fourth-order valence-corrected chi connectivity index (χ4v) is 2.36. The Morgan fingerprint density at radius 3 is 2.67 bits per heavy atom. The van der Waals surface area contributed by atoms with Crippen molar-refractivity contribution in [1.29, 1.82) is 0 Å². The van der Waals surface area contributed by atoms with Crippen LogP contribution in [0.25, 0.3) is 11.3 Å². The molecule has 4 nitrogen and oxygen atoms in total. The third kappa shape index (κ3) is 3.74. The van der Waals surface area contributed by atoms with Crippen LogP contribution in [0.15, 0.2) is 24.3 Å². The zero-order chi connectivity index (χ0) is 15.1. The van der Waals surface area contributed by atoms with Crippen LogP contribution in [0.5, 0.6) is 0 Å². The molecule has 1 aromatic heterocycles. The van der Waals surface area contributed by atoms with Gasteiger partial charge in [-0.05, 0) is 18.6 Å². The van der Waals surface area contributed by atoms with Gasteiger partial charge in [0.25, 0.3) is 0 Å². The van der Waals surface area contributed by atoms with Gasteiger partial charge in [-0.15, -0.1) is 5.10 Å². The number of nitrogens with zero attached hydrogens (tertiary/aromatic N) is 3. The number of hydrogen-bond acceptors (Lipinski definition) is 3. The molecule has 0 atom stereocenters. The number of benzene rings is 1. The number of unbranched alkanes of at least 4 members (excludes halogenated alkanes) is 4. The van der Waals surface area contributed by atoms with E-state index in [0.717, 1.165) is 12.8 Å². The molecule has 0 saturated heterocycles. The van der Waals surface area contributed by atoms with Gasteiger partial charge in [0, 0.05) is 12.1 Å². The second-order valence-corrected chi connectivity index (χ2v) is 5.06. The van der Waals surface area contributed by atoms with Crippen LogP contribution < -0.4 is 0 Å². The van der Waals surface area contributed by atoms with Crippen LogP contribution in [-0.4, -0.2) is 21.3 Å². The Labute approximate surface area is 124 Å². The van der Waals surface area contributed by atoms with Crippen LogP contribution in [-0.2, 0) is 6.54 Å². The van der Waals surface area contributed by atoms with Crippen molar-refractivity contribution >= 4 is 6.29 Å². The number of aryl methyl sites for hydroxylation is 1. The van der Waals surface area contributed by atoms with Gasteiger partial charge in [0.05, 0.1) is 0 Å². The highest BCUT2D eigenvalue weighted by Crippen LogP contribution is 2.24. The highest BCUT2D eigenvalue weighted by atomic mass is 19.1. The molecule has 5 heteroatoms. The van der Waals surface area contributed by atoms with Gasteiger partial charge >= 0.3 is 0 Å². The maximum Gasteiger partial charge on any atom is 0.172 e. The molecule has 1 heterocycles. The molecule has 0 bridgehead atoms. The van der Waals surface area contributed by atoms with E-state index in [9.17, 15) is 9.18 Å². The monoisotopic (exact) mass is 289 g/mol. The Morgan fingerprint density at radius 2 is 1.95 bits per heavy atom. The summed E-state index contributed by atoms with van der Waals surface area (Å²) >= 11 is 0. The molecular weight excluding hydrogens is 269 g/mol. The third-order valence-corrected chi connectivity index (χ3v) is 3.48. The minimum absolute atomic E-state index is 0.189. The first-order valence-electron chi connectivity index (χ1n) is 7.41. The largest absolute Gasteiger partial charge is 0.296 e. The van der Waals surface area contributed by atoms with Gasteiger partial charge in [0.15, 0.2) is 12.0 Å². The summed E-state index contributed by atoms with van der Waals surface area (Å²) in [5.41, 5.74) is 1.03. The summed E-state index contributed by atoms with van der Waals surface area (Å²) in [4.78, 5) is 11.1. The Bertz CT molecular complexity index is 595. The van der Waals surface area contributed by atoms with Crippen molar-refractivity contribution in [3.8, 4) is 11.3 Å². The molecule has 0 aliphatic carbocycles. The molecule has 2 aromatic rings. The minimum atomic E-state index is -0.366. The molecule has 0 unspecified atom stereocenters. The molecular formula is C16H20FN3O. The first-order valence-corrected chi connectivity index (χ1v) is 7.41. The van der Waals surface area contributed by atoms with Crippen LogP contribution in [0.4, 0.5) is 4.39 Å². The summed E-state index contributed by atoms with van der Waals surface area (Å²) in [6.07, 6.45) is 6.27. The summed E-state index contributed by atoms with van der Waals surface area (Å²) < 4.78 is 15.6. The zero-order valence-corrected chi connectivity index (χ0v) is 12.3. The number of hydrogen-bond donors (Lipinski definition) is 0. The number of halogens is 1. The second kappa shape index (κ2) is 7.67. The summed E-state index contributed by atoms with van der Waals surface area (Å²) in [6.45, 7) is 2.82. The van der Waals surface area contributed by atoms with Crippen LogP contribution in [0.3, 0.4) is 0 Å². The molecule has 0 fully saturated rings. The van der Waals surface area contributed by atoms with Crippen LogP contribution in [0.1, 0.15) is 49.5 Å². The maximum absolute atomic E-state index is 14.0. The van der Waals surface area contributed by atoms with Gasteiger partial charge in [-0.25, -0.2) is 9.07 Å². The Kier molecular flexibility index (Phi) is 5.60. The number of aldehydes is 1. The van der Waals surface area contributed by atoms with E-state index in [-0.39, 0.29) is 11.5 Å². The van der Waals surface area contributed by atoms with Crippen LogP contribution in [0, 0.1) is 5.82 Å². The summed E-state index contributed by atoms with van der Waals surface area (Å²) in [5.74, 6) is -0.366. The van der Waals surface area contributed by atoms with E-state index in [1.54, 1.807) is 22.9 Å². The SMILES string of the molecule is CCCCCCCn1nnc(C=O)c1-c1ccccc1F. The number of rotatable bonds is 8. The van der Waals surface area contributed by atoms with Gasteiger partial charge in [-0.3, -0.25) is 4.79 Å². The predicted octanol–water partition coefficient (Wildman–Crippen LogP) is 3.87. The van der Waals surface area contributed by atoms with E-state index in [1.165, 1.54) is 25.3 Å². The molecule has 21 heavy (non-hydrogen) atoms. The lowest BCUT2D eigenvalue weighted by Gasteiger charge is -2.08. The normalized spacial score (nSPS) is 10.8. The predicted molar refractivity (Wildman–Crippen MR) is 79.6 cm³/mol. The quantitative estimate of drug-likeness (QED) is 0.547. The molecule has 0 aliphatic rings. The molecule has 0 radical (unpaired) electrons. The highest BCUT2D eigenvalue weighted by Gasteiger charge is 2.17. The standard InChI is InChI=1S/C16H20FN3O/c1-2-3-4-5-8-11-20-16(15(12-21)18-19-20)13-9-6-7-10-14(13)17/h6-7,9-10,12H,2-5,8,11H2,1H3. The average Bonchev–Trinajstić information content (AvgIpc) is 2.90. The highest BCUT2D eigenvalue weighted by molar-refractivity contribution is 5.83. The van der Waals surface area contributed by atoms with Crippen molar-refractivity contribution in [3.63, 3.8) is 0 Å². The zero-order valence-electron chi connectivity index (χ0n) is 12.3. The first-order chi connectivity index (χ1) is 10.3. The van der Waals surface area contributed by atoms with Crippen molar-refractivity contribution in [2.75, 3.05) is 0 Å². The third-order valence-electron chi connectivity index (χ3n) is 3.48. The van der Waals surface area contributed by atoms with Gasteiger partial charge in [-0.1, -0.05) is 50.0 Å². The fraction of sp³-hybridized carbons (Fsp3) is 0.438. The number of carbonyl (C=O) groups is 1. The van der Waals surface area contributed by atoms with Crippen LogP contribution in [0.2, 0.25) is 0 Å². The topological polar surface area (TPSA) is 47.8 Å². The van der Waals surface area contributed by atoms with E-state index in [4.69, 9.17) is 0 Å². The lowest BCUT2D eigenvalue weighted by molar-refractivity contribution is 0.111. The molecule has 0 N–H and O–H groups in total. The van der Waals surface area contributed by atoms with Gasteiger partial charge in [-0.2, -0.15) is 0 Å². The summed E-state index contributed by atoms with van der Waals surface area (Å²) in [5, 5.41) is 7.84. The number of carbonyl (C=O) groups excluding carboxylic acids is 1. The fourth-order valence-electron chi connectivity index (χ4n) is 2.36. The van der Waals surface area contributed by atoms with Crippen molar-refractivity contribution in [2.24, 2.45) is 0 Å². The summed E-state index contributed by atoms with van der Waals surface area (Å²) in [6, 6.07) is 6.39. The smallest absolute Gasteiger partial charge is 0.172 e. The van der Waals surface area contributed by atoms with Gasteiger partial charge in [0.1, 0.15) is 11.5 Å². The minimum Gasteiger partial charge on any atom is -0.296 e. The Balaban J connectivity index is 2.18. The van der Waals surface area contributed by atoms with E-state index in [1.807, 2.05) is 0 Å². The van der Waals surface area contributed by atoms with Crippen molar-refractivity contribution in [3.05, 3.63) is 35.8 Å². The molecule has 2 rings (SSSR count). The molecule has 0 amide bonds. The number of aromatic nitrogens is 3. The van der Waals surface area contributed by atoms with Gasteiger partial charge < -0.3 is 0 Å². The molecule has 0 spiro atoms. The lowest BCUT2D eigenvalue weighted by Crippen LogP contribution is -2.04. The van der Waals surface area contributed by atoms with Crippen molar-refractivity contribution < 1.29 is 9.18 Å². The van der Waals surface area contributed by atoms with E-state index in [0.29, 0.717) is 24.1 Å². The van der Waals surface area contributed by atoms with Crippen molar-refractivity contribution in [1.82, 2.24) is 15.0 Å². The average molecular weight is 289 g/mol. The lowest BCUT2D eigenvalue weighted by atomic mass is 10.1. The first kappa shape index (κ1) is 15.4. The molecule has 0 saturated carbocycles. The van der Waals surface area contributed by atoms with E-state index in [2.05, 4.69) is 17.2 Å². The van der Waals surface area contributed by atoms with E-state index >= 15 is 0 Å². The molecule has 0 aliphatic heterocycles.